The molecule has 0 amide bonds. The lowest BCUT2D eigenvalue weighted by Gasteiger charge is -2.28. The molecule has 0 spiro atoms. The standard InChI is InChI=1S/C6H9N3O3/c1-3-6(11)4(8-9-7)2-5(10)12-3/h3-4,6,11H,2H2,1H3/t3-,4+,6+/m0/s1. The van der Waals surface area contributed by atoms with Crippen molar-refractivity contribution < 1.29 is 14.6 Å². The van der Waals surface area contributed by atoms with Gasteiger partial charge in [-0.2, -0.15) is 0 Å². The molecular weight excluding hydrogens is 162 g/mol. The zero-order valence-corrected chi connectivity index (χ0v) is 6.54. The van der Waals surface area contributed by atoms with Gasteiger partial charge in [0, 0.05) is 4.91 Å². The second kappa shape index (κ2) is 3.42. The van der Waals surface area contributed by atoms with Gasteiger partial charge in [-0.05, 0) is 12.5 Å². The van der Waals surface area contributed by atoms with Crippen molar-refractivity contribution in [1.82, 2.24) is 0 Å². The van der Waals surface area contributed by atoms with E-state index in [4.69, 9.17) is 10.3 Å². The quantitative estimate of drug-likeness (QED) is 0.267. The molecule has 0 aromatic heterocycles. The largest absolute Gasteiger partial charge is 0.460 e. The minimum Gasteiger partial charge on any atom is -0.460 e. The van der Waals surface area contributed by atoms with Crippen LogP contribution in [0.1, 0.15) is 13.3 Å². The summed E-state index contributed by atoms with van der Waals surface area (Å²) in [5.41, 5.74) is 8.10. The summed E-state index contributed by atoms with van der Waals surface area (Å²) >= 11 is 0. The van der Waals surface area contributed by atoms with Crippen LogP contribution in [0.4, 0.5) is 0 Å². The highest BCUT2D eigenvalue weighted by molar-refractivity contribution is 5.71. The maximum atomic E-state index is 10.8. The summed E-state index contributed by atoms with van der Waals surface area (Å²) in [6.45, 7) is 1.56. The molecule has 1 N–H and O–H groups in total. The molecule has 6 heteroatoms. The SMILES string of the molecule is C[C@@H]1OC(=O)C[C@@H](N=[N+]=[N-])[C@@H]1O. The van der Waals surface area contributed by atoms with Crippen LogP contribution in [0.15, 0.2) is 5.11 Å². The van der Waals surface area contributed by atoms with E-state index in [1.807, 2.05) is 0 Å². The summed E-state index contributed by atoms with van der Waals surface area (Å²) in [6.07, 6.45) is -1.53. The Kier molecular flexibility index (Phi) is 2.52. The molecule has 0 aromatic carbocycles. The second-order valence-corrected chi connectivity index (χ2v) is 2.66. The third kappa shape index (κ3) is 1.66. The van der Waals surface area contributed by atoms with Crippen LogP contribution in [0.5, 0.6) is 0 Å². The van der Waals surface area contributed by atoms with E-state index < -0.39 is 24.2 Å². The fourth-order valence-electron chi connectivity index (χ4n) is 1.10. The van der Waals surface area contributed by atoms with Crippen LogP contribution in [-0.2, 0) is 9.53 Å². The first kappa shape index (κ1) is 8.83. The number of esters is 1. The number of cyclic esters (lactones) is 1. The van der Waals surface area contributed by atoms with Crippen LogP contribution >= 0.6 is 0 Å². The van der Waals surface area contributed by atoms with Gasteiger partial charge in [0.2, 0.25) is 0 Å². The Morgan fingerprint density at radius 1 is 1.83 bits per heavy atom. The monoisotopic (exact) mass is 171 g/mol. The molecule has 66 valence electrons. The lowest BCUT2D eigenvalue weighted by atomic mass is 10.0. The summed E-state index contributed by atoms with van der Waals surface area (Å²) in [4.78, 5) is 13.3. The summed E-state index contributed by atoms with van der Waals surface area (Å²) in [6, 6.07) is -0.689. The van der Waals surface area contributed by atoms with Gasteiger partial charge in [-0.3, -0.25) is 4.79 Å². The number of azide groups is 1. The minimum absolute atomic E-state index is 0.0461. The first-order valence-electron chi connectivity index (χ1n) is 3.57. The van der Waals surface area contributed by atoms with E-state index >= 15 is 0 Å². The van der Waals surface area contributed by atoms with E-state index in [0.717, 1.165) is 0 Å². The van der Waals surface area contributed by atoms with Crippen molar-refractivity contribution in [3.05, 3.63) is 10.4 Å². The lowest BCUT2D eigenvalue weighted by molar-refractivity contribution is -0.163. The van der Waals surface area contributed by atoms with Crippen LogP contribution in [0.25, 0.3) is 10.4 Å². The molecular formula is C6H9N3O3. The molecule has 0 aliphatic carbocycles. The van der Waals surface area contributed by atoms with Crippen molar-refractivity contribution in [2.45, 2.75) is 31.6 Å². The average Bonchev–Trinajstić information content (AvgIpc) is 2.00. The van der Waals surface area contributed by atoms with E-state index in [9.17, 15) is 9.90 Å². The normalized spacial score (nSPS) is 35.2. The molecule has 3 atom stereocenters. The predicted molar refractivity (Wildman–Crippen MR) is 39.1 cm³/mol. The molecule has 1 aliphatic heterocycles. The number of ether oxygens (including phenoxy) is 1. The number of nitrogens with zero attached hydrogens (tertiary/aromatic N) is 3. The molecule has 0 radical (unpaired) electrons. The highest BCUT2D eigenvalue weighted by Crippen LogP contribution is 2.18. The van der Waals surface area contributed by atoms with Crippen LogP contribution in [0.2, 0.25) is 0 Å². The molecule has 1 fully saturated rings. The molecule has 0 bridgehead atoms. The topological polar surface area (TPSA) is 95.3 Å². The van der Waals surface area contributed by atoms with Gasteiger partial charge in [0.15, 0.2) is 0 Å². The van der Waals surface area contributed by atoms with Crippen molar-refractivity contribution in [2.24, 2.45) is 5.11 Å². The number of carbonyl (C=O) groups excluding carboxylic acids is 1. The van der Waals surface area contributed by atoms with E-state index in [2.05, 4.69) is 10.0 Å². The van der Waals surface area contributed by atoms with Crippen LogP contribution in [-0.4, -0.2) is 29.3 Å². The Morgan fingerprint density at radius 3 is 3.08 bits per heavy atom. The first-order valence-corrected chi connectivity index (χ1v) is 3.57. The number of aliphatic hydroxyl groups is 1. The van der Waals surface area contributed by atoms with Crippen molar-refractivity contribution in [2.75, 3.05) is 0 Å². The maximum Gasteiger partial charge on any atom is 0.306 e. The Bertz CT molecular complexity index is 236. The smallest absolute Gasteiger partial charge is 0.306 e. The van der Waals surface area contributed by atoms with Crippen LogP contribution < -0.4 is 0 Å². The molecule has 1 saturated heterocycles. The minimum atomic E-state index is -0.890. The molecule has 6 nitrogen and oxygen atoms in total. The van der Waals surface area contributed by atoms with Crippen molar-refractivity contribution in [3.8, 4) is 0 Å². The highest BCUT2D eigenvalue weighted by atomic mass is 16.6. The number of carbonyl (C=O) groups is 1. The zero-order valence-electron chi connectivity index (χ0n) is 6.54. The summed E-state index contributed by atoms with van der Waals surface area (Å²) in [5, 5.41) is 12.6. The van der Waals surface area contributed by atoms with Gasteiger partial charge in [-0.1, -0.05) is 5.11 Å². The zero-order chi connectivity index (χ0) is 9.14. The number of aliphatic hydroxyl groups excluding tert-OH is 1. The van der Waals surface area contributed by atoms with Gasteiger partial charge in [-0.25, -0.2) is 0 Å². The van der Waals surface area contributed by atoms with Gasteiger partial charge in [-0.15, -0.1) is 0 Å². The highest BCUT2D eigenvalue weighted by Gasteiger charge is 2.33. The third-order valence-corrected chi connectivity index (χ3v) is 1.77. The van der Waals surface area contributed by atoms with Crippen LogP contribution in [0, 0.1) is 0 Å². The molecule has 1 rings (SSSR count). The summed E-state index contributed by atoms with van der Waals surface area (Å²) < 4.78 is 4.70. The van der Waals surface area contributed by atoms with Crippen molar-refractivity contribution in [3.63, 3.8) is 0 Å². The molecule has 1 heterocycles. The summed E-state index contributed by atoms with van der Waals surface area (Å²) in [5.74, 6) is -0.440. The molecule has 0 unspecified atom stereocenters. The van der Waals surface area contributed by atoms with E-state index in [-0.39, 0.29) is 6.42 Å². The van der Waals surface area contributed by atoms with Gasteiger partial charge >= 0.3 is 5.97 Å². The number of rotatable bonds is 1. The Hall–Kier alpha value is -1.26. The first-order chi connectivity index (χ1) is 5.65. The Morgan fingerprint density at radius 2 is 2.50 bits per heavy atom. The molecule has 12 heavy (non-hydrogen) atoms. The van der Waals surface area contributed by atoms with Gasteiger partial charge < -0.3 is 9.84 Å². The lowest BCUT2D eigenvalue weighted by Crippen LogP contribution is -2.43. The van der Waals surface area contributed by atoms with Gasteiger partial charge in [0.1, 0.15) is 6.10 Å². The average molecular weight is 171 g/mol. The molecule has 1 aliphatic rings. The number of hydrogen-bond acceptors (Lipinski definition) is 4. The van der Waals surface area contributed by atoms with Gasteiger partial charge in [0.25, 0.3) is 0 Å². The van der Waals surface area contributed by atoms with E-state index in [0.29, 0.717) is 0 Å². The van der Waals surface area contributed by atoms with Gasteiger partial charge in [0.05, 0.1) is 18.6 Å². The Balaban J connectivity index is 2.72. The fraction of sp³-hybridized carbons (Fsp3) is 0.833. The van der Waals surface area contributed by atoms with Crippen LogP contribution in [0.3, 0.4) is 0 Å². The second-order valence-electron chi connectivity index (χ2n) is 2.66. The molecule has 0 saturated carbocycles. The molecule has 0 aromatic rings. The number of hydrogen-bond donors (Lipinski definition) is 1. The fourth-order valence-corrected chi connectivity index (χ4v) is 1.10. The maximum absolute atomic E-state index is 10.8. The Labute approximate surface area is 68.8 Å². The van der Waals surface area contributed by atoms with Crippen molar-refractivity contribution in [1.29, 1.82) is 0 Å². The summed E-state index contributed by atoms with van der Waals surface area (Å²) in [7, 11) is 0. The van der Waals surface area contributed by atoms with Crippen molar-refractivity contribution >= 4 is 5.97 Å². The van der Waals surface area contributed by atoms with E-state index in [1.165, 1.54) is 0 Å². The predicted octanol–water partition coefficient (Wildman–Crippen LogP) is 0.362. The third-order valence-electron chi connectivity index (χ3n) is 1.77. The van der Waals surface area contributed by atoms with E-state index in [1.54, 1.807) is 6.92 Å².